The monoisotopic (exact) mass is 419 g/mol. The van der Waals surface area contributed by atoms with Crippen molar-refractivity contribution in [2.75, 3.05) is 22.9 Å². The van der Waals surface area contributed by atoms with E-state index >= 15 is 0 Å². The average molecular weight is 420 g/mol. The number of benzene rings is 2. The van der Waals surface area contributed by atoms with Gasteiger partial charge in [0.1, 0.15) is 0 Å². The Balaban J connectivity index is 2.11. The van der Waals surface area contributed by atoms with Gasteiger partial charge in [0.15, 0.2) is 0 Å². The first kappa shape index (κ1) is 22.9. The smallest absolute Gasteiger partial charge is 0.0872 e. The van der Waals surface area contributed by atoms with E-state index in [2.05, 4.69) is 112 Å². The molecule has 0 N–H and O–H groups in total. The quantitative estimate of drug-likeness (QED) is 0.467. The van der Waals surface area contributed by atoms with Crippen LogP contribution in [0.15, 0.2) is 36.4 Å². The Kier molecular flexibility index (Phi) is 7.01. The van der Waals surface area contributed by atoms with Crippen LogP contribution < -0.4 is 9.80 Å². The molecule has 3 rings (SSSR count). The molecule has 1 saturated heterocycles. The van der Waals surface area contributed by atoms with E-state index in [0.29, 0.717) is 23.7 Å². The summed E-state index contributed by atoms with van der Waals surface area (Å²) in [6.07, 6.45) is 0. The van der Waals surface area contributed by atoms with Crippen molar-refractivity contribution in [1.29, 1.82) is 0 Å². The van der Waals surface area contributed by atoms with Gasteiger partial charge in [-0.15, -0.1) is 0 Å². The van der Waals surface area contributed by atoms with Crippen LogP contribution in [0.25, 0.3) is 0 Å². The molecular formula is C27H39N2Si. The highest BCUT2D eigenvalue weighted by Gasteiger charge is 2.34. The Morgan fingerprint density at radius 2 is 0.867 bits per heavy atom. The number of hydrogen-bond acceptors (Lipinski definition) is 2. The van der Waals surface area contributed by atoms with E-state index in [1.54, 1.807) is 0 Å². The lowest BCUT2D eigenvalue weighted by atomic mass is 9.92. The van der Waals surface area contributed by atoms with Crippen LogP contribution in [0.5, 0.6) is 0 Å². The molecule has 1 aliphatic heterocycles. The second-order valence-corrected chi connectivity index (χ2v) is 10.5. The fourth-order valence-electron chi connectivity index (χ4n) is 4.78. The molecule has 1 heterocycles. The third-order valence-electron chi connectivity index (χ3n) is 6.43. The van der Waals surface area contributed by atoms with Crippen molar-refractivity contribution in [3.63, 3.8) is 0 Å². The number of rotatable bonds is 6. The summed E-state index contributed by atoms with van der Waals surface area (Å²) in [4.78, 5) is 5.17. The Hall–Kier alpha value is -1.74. The second kappa shape index (κ2) is 9.17. The van der Waals surface area contributed by atoms with Crippen molar-refractivity contribution >= 4 is 21.6 Å². The number of nitrogens with zero attached hydrogens (tertiary/aromatic N) is 2. The Labute approximate surface area is 188 Å². The SMILES string of the molecule is CC(C)c1cccc(C(C)C)c1N1CCN(c2c(C(C)C)cccc2C(C)C)C1[Si]. The van der Waals surface area contributed by atoms with Crippen LogP contribution in [0.1, 0.15) is 101 Å². The molecular weight excluding hydrogens is 380 g/mol. The minimum atomic E-state index is 0.153. The van der Waals surface area contributed by atoms with Crippen LogP contribution in [0.2, 0.25) is 0 Å². The third kappa shape index (κ3) is 4.19. The van der Waals surface area contributed by atoms with Crippen molar-refractivity contribution in [2.45, 2.75) is 84.9 Å². The molecule has 30 heavy (non-hydrogen) atoms. The van der Waals surface area contributed by atoms with Gasteiger partial charge in [0.25, 0.3) is 0 Å². The first-order valence-corrected chi connectivity index (χ1v) is 12.2. The lowest BCUT2D eigenvalue weighted by molar-refractivity contribution is 0.776. The van der Waals surface area contributed by atoms with E-state index in [0.717, 1.165) is 13.1 Å². The van der Waals surface area contributed by atoms with Gasteiger partial charge < -0.3 is 9.80 Å². The van der Waals surface area contributed by atoms with Crippen molar-refractivity contribution in [1.82, 2.24) is 0 Å². The molecule has 1 aliphatic rings. The molecule has 0 spiro atoms. The van der Waals surface area contributed by atoms with Crippen molar-refractivity contribution in [3.8, 4) is 0 Å². The van der Waals surface area contributed by atoms with Crippen molar-refractivity contribution in [2.24, 2.45) is 0 Å². The molecule has 0 unspecified atom stereocenters. The second-order valence-electron chi connectivity index (χ2n) is 9.95. The van der Waals surface area contributed by atoms with Gasteiger partial charge in [-0.05, 0) is 45.9 Å². The fourth-order valence-corrected chi connectivity index (χ4v) is 5.30. The molecule has 2 aromatic carbocycles. The maximum atomic E-state index is 4.19. The van der Waals surface area contributed by atoms with Gasteiger partial charge in [0.2, 0.25) is 0 Å². The zero-order valence-corrected chi connectivity index (χ0v) is 21.2. The maximum absolute atomic E-state index is 4.19. The molecule has 0 aromatic heterocycles. The van der Waals surface area contributed by atoms with Crippen molar-refractivity contribution < 1.29 is 0 Å². The molecule has 3 heteroatoms. The zero-order chi connectivity index (χ0) is 22.2. The Bertz CT molecular complexity index is 745. The van der Waals surface area contributed by atoms with Gasteiger partial charge in [0.05, 0.1) is 16.0 Å². The van der Waals surface area contributed by atoms with Crippen LogP contribution >= 0.6 is 0 Å². The molecule has 0 aliphatic carbocycles. The normalized spacial score (nSPS) is 15.5. The van der Waals surface area contributed by atoms with Crippen LogP contribution in [0.3, 0.4) is 0 Å². The van der Waals surface area contributed by atoms with E-state index < -0.39 is 0 Å². The van der Waals surface area contributed by atoms with Gasteiger partial charge in [-0.3, -0.25) is 0 Å². The van der Waals surface area contributed by atoms with Crippen LogP contribution in [-0.2, 0) is 0 Å². The Morgan fingerprint density at radius 1 is 0.600 bits per heavy atom. The molecule has 0 saturated carbocycles. The molecule has 2 nitrogen and oxygen atoms in total. The summed E-state index contributed by atoms with van der Waals surface area (Å²) < 4.78 is 0. The first-order valence-electron chi connectivity index (χ1n) is 11.6. The predicted octanol–water partition coefficient (Wildman–Crippen LogP) is 6.96. The Morgan fingerprint density at radius 3 is 1.10 bits per heavy atom. The van der Waals surface area contributed by atoms with Gasteiger partial charge in [-0.2, -0.15) is 0 Å². The number of hydrogen-bond donors (Lipinski definition) is 0. The van der Waals surface area contributed by atoms with Crippen LogP contribution in [0, 0.1) is 0 Å². The lowest BCUT2D eigenvalue weighted by Crippen LogP contribution is -2.41. The molecule has 0 bridgehead atoms. The van der Waals surface area contributed by atoms with E-state index in [4.69, 9.17) is 0 Å². The molecule has 3 radical (unpaired) electrons. The van der Waals surface area contributed by atoms with Crippen LogP contribution in [0.4, 0.5) is 11.4 Å². The summed E-state index contributed by atoms with van der Waals surface area (Å²) in [5.41, 5.74) is 8.66. The summed E-state index contributed by atoms with van der Waals surface area (Å²) in [6.45, 7) is 20.5. The molecule has 2 aromatic rings. The predicted molar refractivity (Wildman–Crippen MR) is 133 cm³/mol. The molecule has 161 valence electrons. The summed E-state index contributed by atoms with van der Waals surface area (Å²) in [5.74, 6) is 2.16. The topological polar surface area (TPSA) is 6.48 Å². The first-order chi connectivity index (χ1) is 14.1. The minimum absolute atomic E-state index is 0.153. The average Bonchev–Trinajstić information content (AvgIpc) is 3.07. The minimum Gasteiger partial charge on any atom is -0.353 e. The summed E-state index contributed by atoms with van der Waals surface area (Å²) >= 11 is 0. The number of para-hydroxylation sites is 2. The molecule has 0 atom stereocenters. The highest BCUT2D eigenvalue weighted by molar-refractivity contribution is 6.15. The maximum Gasteiger partial charge on any atom is 0.0872 e. The summed E-state index contributed by atoms with van der Waals surface area (Å²) in [5, 5.41) is 0. The number of anilines is 2. The van der Waals surface area contributed by atoms with Crippen LogP contribution in [-0.4, -0.2) is 29.1 Å². The van der Waals surface area contributed by atoms with E-state index in [9.17, 15) is 0 Å². The third-order valence-corrected chi connectivity index (χ3v) is 7.05. The highest BCUT2D eigenvalue weighted by Crippen LogP contribution is 2.42. The van der Waals surface area contributed by atoms with Crippen molar-refractivity contribution in [3.05, 3.63) is 58.7 Å². The standard InChI is InChI=1S/C27H39N2Si/c1-17(2)21-11-9-12-22(18(3)4)25(21)28-15-16-29(27(28)30)26-23(19(5)6)13-10-14-24(26)20(7)8/h9-14,17-20,27H,15-16H2,1-8H3. The zero-order valence-electron chi connectivity index (χ0n) is 20.2. The molecule has 1 fully saturated rings. The highest BCUT2D eigenvalue weighted by atomic mass is 28.1. The van der Waals surface area contributed by atoms with Gasteiger partial charge in [-0.1, -0.05) is 91.8 Å². The van der Waals surface area contributed by atoms with Gasteiger partial charge in [0, 0.05) is 24.5 Å². The summed E-state index contributed by atoms with van der Waals surface area (Å²) in [7, 11) is 4.19. The molecule has 0 amide bonds. The summed E-state index contributed by atoms with van der Waals surface area (Å²) in [6, 6.07) is 13.7. The largest absolute Gasteiger partial charge is 0.353 e. The van der Waals surface area contributed by atoms with Gasteiger partial charge in [-0.25, -0.2) is 0 Å². The van der Waals surface area contributed by atoms with E-state index in [1.165, 1.54) is 33.6 Å². The van der Waals surface area contributed by atoms with Gasteiger partial charge >= 0.3 is 0 Å². The van der Waals surface area contributed by atoms with E-state index in [-0.39, 0.29) is 5.79 Å². The fraction of sp³-hybridized carbons (Fsp3) is 0.556. The van der Waals surface area contributed by atoms with E-state index in [1.807, 2.05) is 0 Å². The lowest BCUT2D eigenvalue weighted by Gasteiger charge is -2.36.